The predicted octanol–water partition coefficient (Wildman–Crippen LogP) is 3.33. The number of nitro groups is 1. The predicted molar refractivity (Wildman–Crippen MR) is 97.9 cm³/mol. The second-order valence-corrected chi connectivity index (χ2v) is 6.85. The Morgan fingerprint density at radius 3 is 2.62 bits per heavy atom. The van der Waals surface area contributed by atoms with Crippen LogP contribution in [0.2, 0.25) is 0 Å². The Morgan fingerprint density at radius 2 is 2.00 bits per heavy atom. The van der Waals surface area contributed by atoms with Gasteiger partial charge in [-0.2, -0.15) is 9.97 Å². The Hall–Kier alpha value is -2.97. The summed E-state index contributed by atoms with van der Waals surface area (Å²) in [5.74, 6) is 0.527. The number of aromatic nitrogens is 2. The quantitative estimate of drug-likeness (QED) is 0.635. The molecule has 1 aromatic carbocycles. The van der Waals surface area contributed by atoms with Gasteiger partial charge in [0, 0.05) is 18.8 Å². The molecule has 26 heavy (non-hydrogen) atoms. The van der Waals surface area contributed by atoms with Gasteiger partial charge in [0.1, 0.15) is 5.82 Å². The molecule has 0 spiro atoms. The minimum absolute atomic E-state index is 0.0472. The molecule has 0 unspecified atom stereocenters. The summed E-state index contributed by atoms with van der Waals surface area (Å²) < 4.78 is 13.4. The van der Waals surface area contributed by atoms with Gasteiger partial charge in [0.25, 0.3) is 0 Å². The smallest absolute Gasteiger partial charge is 0.353 e. The molecule has 0 amide bonds. The molecule has 9 heteroatoms. The topological polar surface area (TPSA) is 110 Å². The summed E-state index contributed by atoms with van der Waals surface area (Å²) in [6, 6.07) is 5.61. The van der Waals surface area contributed by atoms with E-state index in [0.29, 0.717) is 23.5 Å². The molecule has 2 aromatic rings. The Balaban J connectivity index is 2.00. The summed E-state index contributed by atoms with van der Waals surface area (Å²) in [5.41, 5.74) is 5.77. The van der Waals surface area contributed by atoms with Gasteiger partial charge in [-0.15, -0.1) is 0 Å². The van der Waals surface area contributed by atoms with Gasteiger partial charge in [0.15, 0.2) is 0 Å². The summed E-state index contributed by atoms with van der Waals surface area (Å²) in [6.45, 7) is 5.79. The van der Waals surface area contributed by atoms with Crippen LogP contribution in [0.4, 0.5) is 33.3 Å². The number of nitrogens with one attached hydrogen (secondary N) is 1. The fraction of sp³-hybridized carbons (Fsp3) is 0.412. The van der Waals surface area contributed by atoms with Crippen LogP contribution in [0.3, 0.4) is 0 Å². The van der Waals surface area contributed by atoms with Crippen LogP contribution in [0.1, 0.15) is 20.3 Å². The molecule has 3 rings (SSSR count). The molecule has 0 aliphatic carbocycles. The maximum Gasteiger partial charge on any atom is 0.353 e. The summed E-state index contributed by atoms with van der Waals surface area (Å²) in [5, 5.41) is 14.2. The number of nitrogen functional groups attached to an aromatic ring is 1. The van der Waals surface area contributed by atoms with E-state index in [0.717, 1.165) is 19.5 Å². The highest BCUT2D eigenvalue weighted by Gasteiger charge is 2.28. The largest absolute Gasteiger partial charge is 0.378 e. The number of hydrogen-bond donors (Lipinski definition) is 2. The van der Waals surface area contributed by atoms with Crippen LogP contribution in [0.25, 0.3) is 0 Å². The van der Waals surface area contributed by atoms with Gasteiger partial charge in [0.2, 0.25) is 17.6 Å². The van der Waals surface area contributed by atoms with E-state index in [1.54, 1.807) is 6.07 Å². The van der Waals surface area contributed by atoms with Crippen LogP contribution >= 0.6 is 0 Å². The Kier molecular flexibility index (Phi) is 4.88. The van der Waals surface area contributed by atoms with E-state index in [9.17, 15) is 14.5 Å². The first-order valence-corrected chi connectivity index (χ1v) is 8.43. The highest BCUT2D eigenvalue weighted by Crippen LogP contribution is 2.34. The van der Waals surface area contributed by atoms with Crippen molar-refractivity contribution in [3.63, 3.8) is 0 Å². The number of anilines is 4. The maximum absolute atomic E-state index is 13.4. The summed E-state index contributed by atoms with van der Waals surface area (Å²) in [4.78, 5) is 21.2. The van der Waals surface area contributed by atoms with Crippen LogP contribution in [-0.2, 0) is 0 Å². The zero-order chi connectivity index (χ0) is 18.8. The first-order valence-electron chi connectivity index (χ1n) is 8.43. The molecule has 0 radical (unpaired) electrons. The number of hydrogen-bond acceptors (Lipinski definition) is 7. The van der Waals surface area contributed by atoms with E-state index in [-0.39, 0.29) is 11.6 Å². The second-order valence-electron chi connectivity index (χ2n) is 6.85. The van der Waals surface area contributed by atoms with Crippen molar-refractivity contribution in [1.82, 2.24) is 9.97 Å². The third kappa shape index (κ3) is 3.81. The third-order valence-electron chi connectivity index (χ3n) is 4.32. The summed E-state index contributed by atoms with van der Waals surface area (Å²) >= 11 is 0. The number of piperidine rings is 1. The fourth-order valence-corrected chi connectivity index (χ4v) is 3.40. The molecule has 2 heterocycles. The summed E-state index contributed by atoms with van der Waals surface area (Å²) in [6.07, 6.45) is 1.10. The van der Waals surface area contributed by atoms with Crippen LogP contribution in [0.15, 0.2) is 24.3 Å². The van der Waals surface area contributed by atoms with Crippen molar-refractivity contribution in [3.8, 4) is 0 Å². The minimum Gasteiger partial charge on any atom is -0.378 e. The van der Waals surface area contributed by atoms with E-state index in [1.807, 2.05) is 4.90 Å². The van der Waals surface area contributed by atoms with Gasteiger partial charge in [0.05, 0.1) is 4.92 Å². The highest BCUT2D eigenvalue weighted by atomic mass is 19.1. The molecule has 1 saturated heterocycles. The van der Waals surface area contributed by atoms with Gasteiger partial charge in [-0.25, -0.2) is 4.39 Å². The highest BCUT2D eigenvalue weighted by molar-refractivity contribution is 5.74. The van der Waals surface area contributed by atoms with Crippen molar-refractivity contribution in [3.05, 3.63) is 40.2 Å². The molecule has 2 atom stereocenters. The van der Waals surface area contributed by atoms with E-state index in [4.69, 9.17) is 5.73 Å². The maximum atomic E-state index is 13.4. The van der Waals surface area contributed by atoms with Gasteiger partial charge >= 0.3 is 5.69 Å². The van der Waals surface area contributed by atoms with Gasteiger partial charge in [-0.1, -0.05) is 19.9 Å². The van der Waals surface area contributed by atoms with Crippen molar-refractivity contribution in [2.75, 3.05) is 29.0 Å². The standard InChI is InChI=1S/C17H21FN6O2/c1-10-6-11(2)9-23(8-10)17-21-15(19)14(24(25)26)16(22-17)20-13-5-3-4-12(18)7-13/h3-5,7,10-11H,6,8-9H2,1-2H3,(H3,19,20,21,22)/t10-,11+. The fourth-order valence-electron chi connectivity index (χ4n) is 3.40. The molecular formula is C17H21FN6O2. The van der Waals surface area contributed by atoms with Gasteiger partial charge in [-0.05, 0) is 36.5 Å². The van der Waals surface area contributed by atoms with Crippen molar-refractivity contribution < 1.29 is 9.31 Å². The molecule has 8 nitrogen and oxygen atoms in total. The van der Waals surface area contributed by atoms with Crippen molar-refractivity contribution in [1.29, 1.82) is 0 Å². The lowest BCUT2D eigenvalue weighted by molar-refractivity contribution is -0.383. The van der Waals surface area contributed by atoms with Crippen molar-refractivity contribution in [2.24, 2.45) is 11.8 Å². The average Bonchev–Trinajstić information content (AvgIpc) is 2.53. The molecule has 0 saturated carbocycles. The van der Waals surface area contributed by atoms with Crippen LogP contribution < -0.4 is 16.0 Å². The lowest BCUT2D eigenvalue weighted by Gasteiger charge is -2.35. The zero-order valence-corrected chi connectivity index (χ0v) is 14.6. The number of benzene rings is 1. The average molecular weight is 360 g/mol. The SMILES string of the molecule is C[C@@H]1C[C@H](C)CN(c2nc(N)c([N+](=O)[O-])c(Nc3cccc(F)c3)n2)C1. The molecule has 1 aliphatic rings. The Labute approximate surface area is 150 Å². The summed E-state index contributed by atoms with van der Waals surface area (Å²) in [7, 11) is 0. The van der Waals surface area contributed by atoms with Gasteiger partial charge < -0.3 is 16.0 Å². The van der Waals surface area contributed by atoms with Crippen molar-refractivity contribution >= 4 is 29.0 Å². The molecular weight excluding hydrogens is 339 g/mol. The molecule has 0 bridgehead atoms. The van der Waals surface area contributed by atoms with E-state index in [1.165, 1.54) is 18.2 Å². The molecule has 1 aromatic heterocycles. The number of nitrogens with zero attached hydrogens (tertiary/aromatic N) is 4. The molecule has 138 valence electrons. The Morgan fingerprint density at radius 1 is 1.31 bits per heavy atom. The first kappa shape index (κ1) is 17.8. The van der Waals surface area contributed by atoms with E-state index < -0.39 is 16.4 Å². The Bertz CT molecular complexity index is 821. The van der Waals surface area contributed by atoms with Crippen LogP contribution in [0.5, 0.6) is 0 Å². The normalized spacial score (nSPS) is 20.0. The van der Waals surface area contributed by atoms with Crippen LogP contribution in [0, 0.1) is 27.8 Å². The van der Waals surface area contributed by atoms with E-state index >= 15 is 0 Å². The number of rotatable bonds is 4. The minimum atomic E-state index is -0.637. The third-order valence-corrected chi connectivity index (χ3v) is 4.32. The lowest BCUT2D eigenvalue weighted by Crippen LogP contribution is -2.39. The van der Waals surface area contributed by atoms with E-state index in [2.05, 4.69) is 29.1 Å². The number of halogens is 1. The monoisotopic (exact) mass is 360 g/mol. The van der Waals surface area contributed by atoms with Crippen molar-refractivity contribution in [2.45, 2.75) is 20.3 Å². The zero-order valence-electron chi connectivity index (χ0n) is 14.6. The number of nitrogens with two attached hydrogens (primary N) is 1. The second kappa shape index (κ2) is 7.11. The molecule has 3 N–H and O–H groups in total. The molecule has 1 aliphatic heterocycles. The van der Waals surface area contributed by atoms with Gasteiger partial charge in [-0.3, -0.25) is 10.1 Å². The first-order chi connectivity index (χ1) is 12.3. The van der Waals surface area contributed by atoms with Crippen LogP contribution in [-0.4, -0.2) is 28.0 Å². The molecule has 1 fully saturated rings. The lowest BCUT2D eigenvalue weighted by atomic mass is 9.92.